The van der Waals surface area contributed by atoms with Gasteiger partial charge in [0.15, 0.2) is 0 Å². The van der Waals surface area contributed by atoms with Crippen molar-refractivity contribution in [3.63, 3.8) is 0 Å². The molecule has 114 valence electrons. The van der Waals surface area contributed by atoms with Gasteiger partial charge in [-0.1, -0.05) is 50.5 Å². The van der Waals surface area contributed by atoms with Crippen molar-refractivity contribution in [3.05, 3.63) is 41.0 Å². The summed E-state index contributed by atoms with van der Waals surface area (Å²) in [6, 6.07) is 10.6. The predicted octanol–water partition coefficient (Wildman–Crippen LogP) is 3.95. The number of hydrogen-bond acceptors (Lipinski definition) is 2. The molecule has 0 radical (unpaired) electrons. The van der Waals surface area contributed by atoms with Crippen LogP contribution in [-0.4, -0.2) is 5.91 Å². The lowest BCUT2D eigenvalue weighted by molar-refractivity contribution is -0.119. The second kappa shape index (κ2) is 5.96. The summed E-state index contributed by atoms with van der Waals surface area (Å²) in [6.45, 7) is 1.84. The van der Waals surface area contributed by atoms with Gasteiger partial charge in [0.2, 0.25) is 5.91 Å². The van der Waals surface area contributed by atoms with Crippen LogP contribution in [0, 0.1) is 16.7 Å². The summed E-state index contributed by atoms with van der Waals surface area (Å²) in [5.74, 6) is -0.0228. The van der Waals surface area contributed by atoms with E-state index >= 15 is 0 Å². The summed E-state index contributed by atoms with van der Waals surface area (Å²) in [5.41, 5.74) is 3.77. The summed E-state index contributed by atoms with van der Waals surface area (Å²) < 4.78 is 0. The highest BCUT2D eigenvalue weighted by atomic mass is 16.1. The maximum Gasteiger partial charge on any atom is 0.224 e. The van der Waals surface area contributed by atoms with Crippen molar-refractivity contribution in [2.24, 2.45) is 5.41 Å². The minimum atomic E-state index is -0.0717. The topological polar surface area (TPSA) is 52.9 Å². The van der Waals surface area contributed by atoms with E-state index in [0.717, 1.165) is 36.1 Å². The van der Waals surface area contributed by atoms with E-state index in [0.29, 0.717) is 6.42 Å². The fraction of sp³-hybridized carbons (Fsp3) is 0.474. The molecule has 1 aromatic rings. The van der Waals surface area contributed by atoms with Crippen LogP contribution in [-0.2, 0) is 11.2 Å². The van der Waals surface area contributed by atoms with Crippen LogP contribution in [0.4, 0.5) is 0 Å². The number of allylic oxidation sites excluding steroid dienone is 1. The number of fused-ring (bicyclic) bond motifs is 1. The Labute approximate surface area is 132 Å². The van der Waals surface area contributed by atoms with Gasteiger partial charge in [0.25, 0.3) is 0 Å². The molecule has 1 N–H and O–H groups in total. The van der Waals surface area contributed by atoms with Gasteiger partial charge in [-0.3, -0.25) is 4.79 Å². The van der Waals surface area contributed by atoms with Crippen molar-refractivity contribution >= 4 is 11.6 Å². The van der Waals surface area contributed by atoms with E-state index in [9.17, 15) is 10.1 Å². The molecular formula is C19H22N2O. The molecule has 22 heavy (non-hydrogen) atoms. The Balaban J connectivity index is 2.15. The molecule has 0 saturated heterocycles. The Morgan fingerprint density at radius 2 is 2.00 bits per heavy atom. The average molecular weight is 294 g/mol. The molecule has 0 unspecified atom stereocenters. The number of hydrogen-bond donors (Lipinski definition) is 1. The minimum Gasteiger partial charge on any atom is -0.325 e. The highest BCUT2D eigenvalue weighted by Gasteiger charge is 2.42. The molecule has 1 amide bonds. The molecule has 0 aliphatic heterocycles. The van der Waals surface area contributed by atoms with Gasteiger partial charge >= 0.3 is 0 Å². The zero-order valence-corrected chi connectivity index (χ0v) is 13.1. The first kappa shape index (κ1) is 14.8. The molecule has 0 atom stereocenters. The number of nitriles is 1. The summed E-state index contributed by atoms with van der Waals surface area (Å²) in [5, 5.41) is 12.8. The zero-order valence-electron chi connectivity index (χ0n) is 13.1. The van der Waals surface area contributed by atoms with Crippen LogP contribution in [0.3, 0.4) is 0 Å². The number of carbonyl (C=O) groups excluding carboxylic acids is 1. The largest absolute Gasteiger partial charge is 0.325 e. The SMILES string of the molecule is CCC(=O)NC1=C(C#N)C2(CCCCC2)Cc2ccccc21. The van der Waals surface area contributed by atoms with Crippen LogP contribution in [0.1, 0.15) is 56.6 Å². The summed E-state index contributed by atoms with van der Waals surface area (Å²) >= 11 is 0. The van der Waals surface area contributed by atoms with E-state index in [-0.39, 0.29) is 11.3 Å². The summed E-state index contributed by atoms with van der Waals surface area (Å²) in [6.07, 6.45) is 7.05. The molecular weight excluding hydrogens is 272 g/mol. The molecule has 1 saturated carbocycles. The number of nitrogens with one attached hydrogen (secondary N) is 1. The van der Waals surface area contributed by atoms with Crippen LogP contribution < -0.4 is 5.32 Å². The van der Waals surface area contributed by atoms with Crippen molar-refractivity contribution < 1.29 is 4.79 Å². The number of amides is 1. The molecule has 2 aliphatic carbocycles. The molecule has 0 aromatic heterocycles. The minimum absolute atomic E-state index is 0.0228. The van der Waals surface area contributed by atoms with E-state index in [1.807, 2.05) is 25.1 Å². The van der Waals surface area contributed by atoms with E-state index in [4.69, 9.17) is 0 Å². The quantitative estimate of drug-likeness (QED) is 0.897. The number of nitrogens with zero attached hydrogens (tertiary/aromatic N) is 1. The van der Waals surface area contributed by atoms with Crippen molar-refractivity contribution in [1.29, 1.82) is 5.26 Å². The van der Waals surface area contributed by atoms with Gasteiger partial charge in [0, 0.05) is 17.4 Å². The first-order valence-electron chi connectivity index (χ1n) is 8.23. The smallest absolute Gasteiger partial charge is 0.224 e. The fourth-order valence-electron chi connectivity index (χ4n) is 3.96. The van der Waals surface area contributed by atoms with Crippen molar-refractivity contribution in [2.45, 2.75) is 51.9 Å². The third-order valence-electron chi connectivity index (χ3n) is 5.10. The van der Waals surface area contributed by atoms with Crippen LogP contribution in [0.5, 0.6) is 0 Å². The second-order valence-electron chi connectivity index (χ2n) is 6.44. The monoisotopic (exact) mass is 294 g/mol. The molecule has 1 spiro atoms. The Morgan fingerprint density at radius 1 is 1.27 bits per heavy atom. The maximum atomic E-state index is 12.0. The summed E-state index contributed by atoms with van der Waals surface area (Å²) in [7, 11) is 0. The lowest BCUT2D eigenvalue weighted by atomic mass is 9.62. The van der Waals surface area contributed by atoms with Gasteiger partial charge < -0.3 is 5.32 Å². The molecule has 0 bridgehead atoms. The third kappa shape index (κ3) is 2.43. The highest BCUT2D eigenvalue weighted by Crippen LogP contribution is 2.50. The third-order valence-corrected chi connectivity index (χ3v) is 5.10. The van der Waals surface area contributed by atoms with E-state index in [1.165, 1.54) is 24.8 Å². The van der Waals surface area contributed by atoms with Crippen LogP contribution in [0.25, 0.3) is 5.70 Å². The Morgan fingerprint density at radius 3 is 2.68 bits per heavy atom. The Hall–Kier alpha value is -2.08. The average Bonchev–Trinajstić information content (AvgIpc) is 2.55. The van der Waals surface area contributed by atoms with Crippen LogP contribution >= 0.6 is 0 Å². The van der Waals surface area contributed by atoms with E-state index < -0.39 is 0 Å². The normalized spacial score (nSPS) is 19.5. The fourth-order valence-corrected chi connectivity index (χ4v) is 3.96. The maximum absolute atomic E-state index is 12.0. The van der Waals surface area contributed by atoms with Gasteiger partial charge in [0.1, 0.15) is 0 Å². The first-order chi connectivity index (χ1) is 10.7. The van der Waals surface area contributed by atoms with E-state index in [1.54, 1.807) is 0 Å². The zero-order chi connectivity index (χ0) is 15.6. The van der Waals surface area contributed by atoms with Gasteiger partial charge in [-0.15, -0.1) is 0 Å². The number of rotatable bonds is 2. The van der Waals surface area contributed by atoms with Gasteiger partial charge in [-0.05, 0) is 24.8 Å². The molecule has 1 aromatic carbocycles. The van der Waals surface area contributed by atoms with Gasteiger partial charge in [-0.25, -0.2) is 0 Å². The molecule has 3 nitrogen and oxygen atoms in total. The van der Waals surface area contributed by atoms with Gasteiger partial charge in [-0.2, -0.15) is 5.26 Å². The number of carbonyl (C=O) groups is 1. The lowest BCUT2D eigenvalue weighted by Gasteiger charge is -2.41. The van der Waals surface area contributed by atoms with Gasteiger partial charge in [0.05, 0.1) is 17.3 Å². The molecule has 3 rings (SSSR count). The van der Waals surface area contributed by atoms with Crippen molar-refractivity contribution in [1.82, 2.24) is 5.32 Å². The standard InChI is InChI=1S/C19H22N2O/c1-2-17(22)21-18-15-9-5-4-8-14(15)12-19(16(18)13-20)10-6-3-7-11-19/h4-5,8-9H,2-3,6-7,10-12H2,1H3,(H,21,22). The Bertz CT molecular complexity index is 660. The van der Waals surface area contributed by atoms with Crippen molar-refractivity contribution in [3.8, 4) is 6.07 Å². The highest BCUT2D eigenvalue weighted by molar-refractivity contribution is 5.90. The van der Waals surface area contributed by atoms with Crippen LogP contribution in [0.15, 0.2) is 29.8 Å². The van der Waals surface area contributed by atoms with Crippen LogP contribution in [0.2, 0.25) is 0 Å². The molecule has 0 heterocycles. The molecule has 3 heteroatoms. The summed E-state index contributed by atoms with van der Waals surface area (Å²) in [4.78, 5) is 12.0. The lowest BCUT2D eigenvalue weighted by Crippen LogP contribution is -2.36. The molecule has 1 fully saturated rings. The predicted molar refractivity (Wildman–Crippen MR) is 86.6 cm³/mol. The first-order valence-corrected chi connectivity index (χ1v) is 8.23. The molecule has 2 aliphatic rings. The van der Waals surface area contributed by atoms with Crippen molar-refractivity contribution in [2.75, 3.05) is 0 Å². The Kier molecular flexibility index (Phi) is 4.02. The number of benzene rings is 1. The second-order valence-corrected chi connectivity index (χ2v) is 6.44. The van der Waals surface area contributed by atoms with E-state index in [2.05, 4.69) is 17.5 Å².